The van der Waals surface area contributed by atoms with Crippen molar-refractivity contribution < 1.29 is 4.79 Å². The van der Waals surface area contributed by atoms with Crippen molar-refractivity contribution in [2.24, 2.45) is 5.92 Å². The van der Waals surface area contributed by atoms with Crippen LogP contribution in [-0.4, -0.2) is 38.2 Å². The van der Waals surface area contributed by atoms with Crippen LogP contribution in [0.3, 0.4) is 0 Å². The summed E-state index contributed by atoms with van der Waals surface area (Å²) in [6, 6.07) is 5.52. The predicted molar refractivity (Wildman–Crippen MR) is 117 cm³/mol. The van der Waals surface area contributed by atoms with Gasteiger partial charge in [0.25, 0.3) is 11.5 Å². The maximum atomic E-state index is 12.8. The highest BCUT2D eigenvalue weighted by atomic mass is 16.2. The van der Waals surface area contributed by atoms with Crippen LogP contribution in [0.5, 0.6) is 0 Å². The van der Waals surface area contributed by atoms with Gasteiger partial charge in [-0.2, -0.15) is 9.61 Å². The normalized spacial score (nSPS) is 18.3. The number of nitrogens with zero attached hydrogens (tertiary/aromatic N) is 4. The lowest BCUT2D eigenvalue weighted by Gasteiger charge is -2.34. The SMILES string of the molecule is CNc1cc(Nc2cccn(C(C)C)c2=O)nc2c(C(=O)NC3CC[C@H]3C)cnn12. The molecule has 1 unspecified atom stereocenters. The molecule has 0 radical (unpaired) electrons. The van der Waals surface area contributed by atoms with Gasteiger partial charge in [0.15, 0.2) is 5.65 Å². The first-order valence-corrected chi connectivity index (χ1v) is 10.2. The molecule has 3 heterocycles. The van der Waals surface area contributed by atoms with E-state index in [1.54, 1.807) is 34.5 Å². The Morgan fingerprint density at radius 3 is 2.73 bits per heavy atom. The maximum absolute atomic E-state index is 12.8. The summed E-state index contributed by atoms with van der Waals surface area (Å²) >= 11 is 0. The molecule has 3 N–H and O–H groups in total. The van der Waals surface area contributed by atoms with Crippen molar-refractivity contribution in [2.45, 2.75) is 45.7 Å². The van der Waals surface area contributed by atoms with Crippen LogP contribution in [0.25, 0.3) is 5.65 Å². The van der Waals surface area contributed by atoms with Crippen molar-refractivity contribution in [3.05, 3.63) is 46.5 Å². The van der Waals surface area contributed by atoms with E-state index in [1.165, 1.54) is 6.20 Å². The third-order valence-corrected chi connectivity index (χ3v) is 5.70. The number of carbonyl (C=O) groups is 1. The standard InChI is InChI=1S/C21H27N7O2/c1-12(2)27-9-5-6-16(21(27)30)24-17-10-18(22-4)28-19(26-17)14(11-23-28)20(29)25-15-8-7-13(15)3/h5-6,9-13,15,22H,7-8H2,1-4H3,(H,24,26)(H,25,29)/t13-,15?/m1/s1. The Morgan fingerprint density at radius 2 is 2.10 bits per heavy atom. The van der Waals surface area contributed by atoms with Gasteiger partial charge < -0.3 is 20.5 Å². The molecule has 1 aliphatic rings. The number of amides is 1. The monoisotopic (exact) mass is 409 g/mol. The Labute approximate surface area is 174 Å². The summed E-state index contributed by atoms with van der Waals surface area (Å²) in [5.74, 6) is 1.40. The van der Waals surface area contributed by atoms with Crippen LogP contribution in [-0.2, 0) is 0 Å². The molecule has 0 aliphatic heterocycles. The van der Waals surface area contributed by atoms with Crippen molar-refractivity contribution in [2.75, 3.05) is 17.7 Å². The molecule has 9 nitrogen and oxygen atoms in total. The fraction of sp³-hybridized carbons (Fsp3) is 0.429. The van der Waals surface area contributed by atoms with E-state index >= 15 is 0 Å². The number of pyridine rings is 1. The summed E-state index contributed by atoms with van der Waals surface area (Å²) in [5.41, 5.74) is 1.11. The van der Waals surface area contributed by atoms with Crippen LogP contribution >= 0.6 is 0 Å². The molecule has 4 rings (SSSR count). The predicted octanol–water partition coefficient (Wildman–Crippen LogP) is 2.79. The van der Waals surface area contributed by atoms with Gasteiger partial charge in [-0.05, 0) is 44.7 Å². The van der Waals surface area contributed by atoms with E-state index in [-0.39, 0.29) is 23.6 Å². The van der Waals surface area contributed by atoms with Crippen LogP contribution in [0.4, 0.5) is 17.3 Å². The van der Waals surface area contributed by atoms with Gasteiger partial charge in [0.1, 0.15) is 22.9 Å². The summed E-state index contributed by atoms with van der Waals surface area (Å²) in [6.45, 7) is 6.04. The summed E-state index contributed by atoms with van der Waals surface area (Å²) < 4.78 is 3.24. The van der Waals surface area contributed by atoms with Crippen LogP contribution in [0.15, 0.2) is 35.4 Å². The number of anilines is 3. The van der Waals surface area contributed by atoms with Crippen LogP contribution in [0, 0.1) is 5.92 Å². The fourth-order valence-electron chi connectivity index (χ4n) is 3.64. The van der Waals surface area contributed by atoms with E-state index in [0.717, 1.165) is 12.8 Å². The molecular weight excluding hydrogens is 382 g/mol. The number of fused-ring (bicyclic) bond motifs is 1. The minimum atomic E-state index is -0.185. The molecule has 1 saturated carbocycles. The quantitative estimate of drug-likeness (QED) is 0.578. The second kappa shape index (κ2) is 7.81. The van der Waals surface area contributed by atoms with Crippen LogP contribution in [0.1, 0.15) is 50.0 Å². The minimum absolute atomic E-state index is 0.0431. The van der Waals surface area contributed by atoms with Gasteiger partial charge in [0.05, 0.1) is 6.20 Å². The van der Waals surface area contributed by atoms with Crippen molar-refractivity contribution in [1.82, 2.24) is 24.5 Å². The van der Waals surface area contributed by atoms with E-state index in [0.29, 0.717) is 34.5 Å². The molecule has 2 atom stereocenters. The van der Waals surface area contributed by atoms with E-state index in [4.69, 9.17) is 0 Å². The average molecular weight is 409 g/mol. The van der Waals surface area contributed by atoms with Gasteiger partial charge in [0, 0.05) is 31.4 Å². The molecule has 3 aromatic heterocycles. The van der Waals surface area contributed by atoms with E-state index in [1.807, 2.05) is 19.9 Å². The second-order valence-electron chi connectivity index (χ2n) is 8.06. The van der Waals surface area contributed by atoms with Gasteiger partial charge in [0.2, 0.25) is 0 Å². The first-order valence-electron chi connectivity index (χ1n) is 10.2. The number of rotatable bonds is 6. The molecule has 30 heavy (non-hydrogen) atoms. The lowest BCUT2D eigenvalue weighted by Crippen LogP contribution is -2.45. The van der Waals surface area contributed by atoms with Crippen molar-refractivity contribution in [1.29, 1.82) is 0 Å². The molecule has 3 aromatic rings. The topological polar surface area (TPSA) is 105 Å². The van der Waals surface area contributed by atoms with Crippen molar-refractivity contribution >= 4 is 28.9 Å². The zero-order chi connectivity index (χ0) is 21.4. The first-order chi connectivity index (χ1) is 14.4. The molecule has 1 aliphatic carbocycles. The minimum Gasteiger partial charge on any atom is -0.373 e. The highest BCUT2D eigenvalue weighted by Crippen LogP contribution is 2.27. The molecule has 1 fully saturated rings. The summed E-state index contributed by atoms with van der Waals surface area (Å²) in [4.78, 5) is 30.1. The Bertz CT molecular complexity index is 1150. The van der Waals surface area contributed by atoms with Gasteiger partial charge in [-0.25, -0.2) is 4.98 Å². The number of carbonyl (C=O) groups excluding carboxylic acids is 1. The zero-order valence-corrected chi connectivity index (χ0v) is 17.6. The van der Waals surface area contributed by atoms with Gasteiger partial charge >= 0.3 is 0 Å². The average Bonchev–Trinajstić information content (AvgIpc) is 3.15. The van der Waals surface area contributed by atoms with Gasteiger partial charge in [-0.3, -0.25) is 9.59 Å². The molecule has 158 valence electrons. The van der Waals surface area contributed by atoms with Crippen LogP contribution in [0.2, 0.25) is 0 Å². The van der Waals surface area contributed by atoms with E-state index in [2.05, 4.69) is 33.0 Å². The van der Waals surface area contributed by atoms with Gasteiger partial charge in [-0.15, -0.1) is 0 Å². The third kappa shape index (κ3) is 3.51. The number of hydrogen-bond acceptors (Lipinski definition) is 6. The number of nitrogens with one attached hydrogen (secondary N) is 3. The Balaban J connectivity index is 1.70. The highest BCUT2D eigenvalue weighted by molar-refractivity contribution is 6.00. The lowest BCUT2D eigenvalue weighted by molar-refractivity contribution is 0.0886. The number of aromatic nitrogens is 4. The summed E-state index contributed by atoms with van der Waals surface area (Å²) in [7, 11) is 1.77. The Hall–Kier alpha value is -3.36. The molecule has 1 amide bonds. The highest BCUT2D eigenvalue weighted by Gasteiger charge is 2.29. The fourth-order valence-corrected chi connectivity index (χ4v) is 3.64. The van der Waals surface area contributed by atoms with Crippen molar-refractivity contribution in [3.8, 4) is 0 Å². The molecular formula is C21H27N7O2. The Kier molecular flexibility index (Phi) is 5.19. The summed E-state index contributed by atoms with van der Waals surface area (Å²) in [6.07, 6.45) is 5.40. The lowest BCUT2D eigenvalue weighted by atomic mass is 9.81. The molecule has 0 spiro atoms. The van der Waals surface area contributed by atoms with Gasteiger partial charge in [-0.1, -0.05) is 6.92 Å². The molecule has 9 heteroatoms. The first kappa shape index (κ1) is 19.9. The van der Waals surface area contributed by atoms with E-state index in [9.17, 15) is 9.59 Å². The maximum Gasteiger partial charge on any atom is 0.274 e. The third-order valence-electron chi connectivity index (χ3n) is 5.70. The largest absolute Gasteiger partial charge is 0.373 e. The Morgan fingerprint density at radius 1 is 1.30 bits per heavy atom. The van der Waals surface area contributed by atoms with Crippen LogP contribution < -0.4 is 21.5 Å². The second-order valence-corrected chi connectivity index (χ2v) is 8.06. The zero-order valence-electron chi connectivity index (χ0n) is 17.6. The molecule has 0 aromatic carbocycles. The number of hydrogen-bond donors (Lipinski definition) is 3. The van der Waals surface area contributed by atoms with E-state index < -0.39 is 0 Å². The van der Waals surface area contributed by atoms with Crippen molar-refractivity contribution in [3.63, 3.8) is 0 Å². The summed E-state index contributed by atoms with van der Waals surface area (Å²) in [5, 5.41) is 13.6. The molecule has 0 bridgehead atoms. The smallest absolute Gasteiger partial charge is 0.274 e. The molecule has 0 saturated heterocycles.